The van der Waals surface area contributed by atoms with E-state index < -0.39 is 29.2 Å². The third kappa shape index (κ3) is 2.58. The van der Waals surface area contributed by atoms with Crippen LogP contribution in [-0.4, -0.2) is 28.9 Å². The summed E-state index contributed by atoms with van der Waals surface area (Å²) in [6.45, 7) is 1.55. The quantitative estimate of drug-likeness (QED) is 0.798. The van der Waals surface area contributed by atoms with Crippen LogP contribution in [0.15, 0.2) is 18.2 Å². The summed E-state index contributed by atoms with van der Waals surface area (Å²) in [7, 11) is 0. The Morgan fingerprint density at radius 1 is 1.47 bits per heavy atom. The van der Waals surface area contributed by atoms with Crippen LogP contribution < -0.4 is 0 Å². The Kier molecular flexibility index (Phi) is 4.14. The molecule has 0 aliphatic carbocycles. The van der Waals surface area contributed by atoms with E-state index >= 15 is 0 Å². The summed E-state index contributed by atoms with van der Waals surface area (Å²) in [6.07, 6.45) is 0.255. The van der Waals surface area contributed by atoms with Gasteiger partial charge in [-0.1, -0.05) is 6.07 Å². The number of carboxylic acids is 1. The first-order chi connectivity index (χ1) is 8.02. The molecule has 0 aliphatic rings. The number of hydrogen-bond acceptors (Lipinski definition) is 2. The summed E-state index contributed by atoms with van der Waals surface area (Å²) in [5.41, 5.74) is -0.631. The van der Waals surface area contributed by atoms with Gasteiger partial charge >= 0.3 is 5.97 Å². The third-order valence-corrected chi connectivity index (χ3v) is 2.34. The third-order valence-electron chi connectivity index (χ3n) is 2.34. The monoisotopic (exact) mass is 243 g/mol. The van der Waals surface area contributed by atoms with Gasteiger partial charge in [-0.2, -0.15) is 0 Å². The van der Waals surface area contributed by atoms with E-state index in [0.717, 1.165) is 23.1 Å². The molecule has 1 aromatic carbocycles. The summed E-state index contributed by atoms with van der Waals surface area (Å²) in [6, 6.07) is 1.38. The lowest BCUT2D eigenvalue weighted by molar-refractivity contribution is -0.146. The highest BCUT2D eigenvalue weighted by Crippen LogP contribution is 2.25. The van der Waals surface area contributed by atoms with Crippen molar-refractivity contribution in [3.8, 4) is 0 Å². The molecule has 1 amide bonds. The van der Waals surface area contributed by atoms with Crippen LogP contribution in [0.3, 0.4) is 0 Å². The summed E-state index contributed by atoms with van der Waals surface area (Å²) in [5.74, 6) is -3.46. The zero-order valence-corrected chi connectivity index (χ0v) is 9.06. The van der Waals surface area contributed by atoms with Crippen molar-refractivity contribution in [2.45, 2.75) is 13.0 Å². The van der Waals surface area contributed by atoms with Crippen molar-refractivity contribution in [1.29, 1.82) is 0 Å². The number of benzene rings is 1. The molecule has 0 saturated carbocycles. The first-order valence-electron chi connectivity index (χ1n) is 4.90. The van der Waals surface area contributed by atoms with Crippen LogP contribution in [-0.2, 0) is 9.59 Å². The molecule has 1 N–H and O–H groups in total. The lowest BCUT2D eigenvalue weighted by Gasteiger charge is -2.24. The van der Waals surface area contributed by atoms with Gasteiger partial charge in [0, 0.05) is 6.54 Å². The van der Waals surface area contributed by atoms with Crippen molar-refractivity contribution in [1.82, 2.24) is 4.90 Å². The Bertz CT molecular complexity index is 416. The Morgan fingerprint density at radius 2 is 2.00 bits per heavy atom. The van der Waals surface area contributed by atoms with Crippen LogP contribution >= 0.6 is 0 Å². The first kappa shape index (κ1) is 13.1. The van der Waals surface area contributed by atoms with E-state index in [2.05, 4.69) is 0 Å². The van der Waals surface area contributed by atoms with E-state index in [-0.39, 0.29) is 13.0 Å². The van der Waals surface area contributed by atoms with Crippen LogP contribution in [0, 0.1) is 11.6 Å². The average Bonchev–Trinajstić information content (AvgIpc) is 2.27. The molecule has 0 heterocycles. The highest BCUT2D eigenvalue weighted by atomic mass is 19.1. The molecule has 1 rings (SSSR count). The van der Waals surface area contributed by atoms with Crippen LogP contribution in [0.2, 0.25) is 0 Å². The number of carbonyl (C=O) groups is 2. The van der Waals surface area contributed by atoms with Gasteiger partial charge in [0.05, 0.1) is 5.56 Å². The molecule has 92 valence electrons. The zero-order valence-electron chi connectivity index (χ0n) is 9.06. The number of carboxylic acid groups (broad SMARTS) is 1. The molecule has 0 radical (unpaired) electrons. The molecule has 1 aromatic rings. The summed E-state index contributed by atoms with van der Waals surface area (Å²) in [5, 5.41) is 8.97. The number of carbonyl (C=O) groups excluding carboxylic acids is 1. The smallest absolute Gasteiger partial charge is 0.331 e. The largest absolute Gasteiger partial charge is 0.479 e. The van der Waals surface area contributed by atoms with E-state index in [0.29, 0.717) is 0 Å². The van der Waals surface area contributed by atoms with Gasteiger partial charge in [-0.15, -0.1) is 0 Å². The SMILES string of the molecule is CCN(C=O)C(C(=O)O)c1c(F)cccc1F. The molecule has 0 bridgehead atoms. The molecular weight excluding hydrogens is 232 g/mol. The van der Waals surface area contributed by atoms with Crippen LogP contribution in [0.5, 0.6) is 0 Å². The lowest BCUT2D eigenvalue weighted by atomic mass is 10.0. The van der Waals surface area contributed by atoms with Crippen LogP contribution in [0.4, 0.5) is 8.78 Å². The van der Waals surface area contributed by atoms with Crippen molar-refractivity contribution in [2.75, 3.05) is 6.54 Å². The van der Waals surface area contributed by atoms with Gasteiger partial charge in [0.2, 0.25) is 6.41 Å². The number of likely N-dealkylation sites (N-methyl/N-ethyl adjacent to an activating group) is 1. The fourth-order valence-electron chi connectivity index (χ4n) is 1.52. The predicted molar refractivity (Wildman–Crippen MR) is 55.2 cm³/mol. The van der Waals surface area contributed by atoms with Crippen molar-refractivity contribution < 1.29 is 23.5 Å². The van der Waals surface area contributed by atoms with E-state index in [9.17, 15) is 18.4 Å². The van der Waals surface area contributed by atoms with Crippen molar-refractivity contribution in [3.63, 3.8) is 0 Å². The van der Waals surface area contributed by atoms with Gasteiger partial charge in [0.1, 0.15) is 11.6 Å². The van der Waals surface area contributed by atoms with Crippen LogP contribution in [0.25, 0.3) is 0 Å². The molecule has 0 spiro atoms. The fraction of sp³-hybridized carbons (Fsp3) is 0.273. The van der Waals surface area contributed by atoms with E-state index in [1.165, 1.54) is 6.92 Å². The number of hydrogen-bond donors (Lipinski definition) is 1. The number of nitrogens with zero attached hydrogens (tertiary/aromatic N) is 1. The van der Waals surface area contributed by atoms with E-state index in [1.54, 1.807) is 0 Å². The van der Waals surface area contributed by atoms with Crippen molar-refractivity contribution >= 4 is 12.4 Å². The van der Waals surface area contributed by atoms with Gasteiger partial charge in [-0.3, -0.25) is 4.79 Å². The minimum Gasteiger partial charge on any atom is -0.479 e. The lowest BCUT2D eigenvalue weighted by Crippen LogP contribution is -2.34. The number of rotatable bonds is 5. The maximum atomic E-state index is 13.4. The Balaban J connectivity index is 3.32. The van der Waals surface area contributed by atoms with Crippen molar-refractivity contribution in [2.24, 2.45) is 0 Å². The minimum absolute atomic E-state index is 0.0360. The molecule has 17 heavy (non-hydrogen) atoms. The molecule has 0 saturated heterocycles. The van der Waals surface area contributed by atoms with Gasteiger partial charge < -0.3 is 10.0 Å². The van der Waals surface area contributed by atoms with Gasteiger partial charge in [0.25, 0.3) is 0 Å². The second kappa shape index (κ2) is 5.38. The first-order valence-corrected chi connectivity index (χ1v) is 4.90. The normalized spacial score (nSPS) is 11.9. The minimum atomic E-state index is -1.65. The zero-order chi connectivity index (χ0) is 13.0. The van der Waals surface area contributed by atoms with Gasteiger partial charge in [0.15, 0.2) is 6.04 Å². The molecular formula is C11H11F2NO3. The van der Waals surface area contributed by atoms with Gasteiger partial charge in [-0.25, -0.2) is 13.6 Å². The topological polar surface area (TPSA) is 57.6 Å². The Hall–Kier alpha value is -1.98. The molecule has 1 unspecified atom stereocenters. The van der Waals surface area contributed by atoms with E-state index in [4.69, 9.17) is 5.11 Å². The van der Waals surface area contributed by atoms with E-state index in [1.807, 2.05) is 0 Å². The number of amides is 1. The summed E-state index contributed by atoms with van der Waals surface area (Å²) < 4.78 is 26.9. The molecule has 0 aliphatic heterocycles. The molecule has 1 atom stereocenters. The van der Waals surface area contributed by atoms with Crippen LogP contribution in [0.1, 0.15) is 18.5 Å². The Labute approximate surface area is 96.5 Å². The standard InChI is InChI=1S/C11H11F2NO3/c1-2-14(6-15)10(11(16)17)9-7(12)4-3-5-8(9)13/h3-6,10H,2H2,1H3,(H,16,17). The maximum Gasteiger partial charge on any atom is 0.331 e. The summed E-state index contributed by atoms with van der Waals surface area (Å²) >= 11 is 0. The highest BCUT2D eigenvalue weighted by Gasteiger charge is 2.30. The molecule has 4 nitrogen and oxygen atoms in total. The second-order valence-electron chi connectivity index (χ2n) is 3.31. The van der Waals surface area contributed by atoms with Crippen molar-refractivity contribution in [3.05, 3.63) is 35.4 Å². The Morgan fingerprint density at radius 3 is 2.35 bits per heavy atom. The second-order valence-corrected chi connectivity index (χ2v) is 3.31. The maximum absolute atomic E-state index is 13.4. The molecule has 6 heteroatoms. The average molecular weight is 243 g/mol. The molecule has 0 aromatic heterocycles. The predicted octanol–water partition coefficient (Wildman–Crippen LogP) is 1.57. The summed E-state index contributed by atoms with van der Waals surface area (Å²) in [4.78, 5) is 22.5. The number of aliphatic carboxylic acids is 1. The number of halogens is 2. The fourth-order valence-corrected chi connectivity index (χ4v) is 1.52. The molecule has 0 fully saturated rings. The van der Waals surface area contributed by atoms with Gasteiger partial charge in [-0.05, 0) is 19.1 Å². The highest BCUT2D eigenvalue weighted by molar-refractivity contribution is 5.78.